The molecule has 6 atom stereocenters. The van der Waals surface area contributed by atoms with Gasteiger partial charge < -0.3 is 34.3 Å². The number of carbonyl (C=O) groups excluding carboxylic acids is 1. The quantitative estimate of drug-likeness (QED) is 0.0258. The Bertz CT molecular complexity index is 1140. The molecule has 12 nitrogen and oxygen atoms in total. The first-order chi connectivity index (χ1) is 31.6. The maximum Gasteiger partial charge on any atom is 0.397 e. The molecule has 0 aliphatic carbocycles. The summed E-state index contributed by atoms with van der Waals surface area (Å²) in [6.07, 6.45) is 40.0. The number of esters is 1. The highest BCUT2D eigenvalue weighted by atomic mass is 32.3. The van der Waals surface area contributed by atoms with E-state index in [1.54, 1.807) is 0 Å². The van der Waals surface area contributed by atoms with Crippen LogP contribution in [0.2, 0.25) is 0 Å². The molecule has 4 N–H and O–H groups in total. The van der Waals surface area contributed by atoms with E-state index >= 15 is 0 Å². The molecule has 0 spiro atoms. The summed E-state index contributed by atoms with van der Waals surface area (Å²) in [7, 11) is -5.06. The summed E-state index contributed by atoms with van der Waals surface area (Å²) in [6.45, 7) is 4.06. The maximum absolute atomic E-state index is 12.9. The van der Waals surface area contributed by atoms with Crippen molar-refractivity contribution in [2.75, 3.05) is 26.4 Å². The summed E-state index contributed by atoms with van der Waals surface area (Å²) in [5.41, 5.74) is 0. The van der Waals surface area contributed by atoms with Crippen molar-refractivity contribution >= 4 is 16.4 Å². The van der Waals surface area contributed by atoms with E-state index in [2.05, 4.69) is 18.0 Å². The molecule has 0 bridgehead atoms. The maximum atomic E-state index is 12.9. The number of carbonyl (C=O) groups is 1. The third-order valence-corrected chi connectivity index (χ3v) is 13.4. The van der Waals surface area contributed by atoms with Gasteiger partial charge in [0, 0.05) is 13.0 Å². The number of hydrogen-bond acceptors (Lipinski definition) is 11. The van der Waals surface area contributed by atoms with Crippen LogP contribution < -0.4 is 0 Å². The zero-order chi connectivity index (χ0) is 47.5. The highest BCUT2D eigenvalue weighted by molar-refractivity contribution is 7.80. The Morgan fingerprint density at radius 2 is 0.877 bits per heavy atom. The molecule has 0 radical (unpaired) electrons. The Balaban J connectivity index is 2.27. The number of hydrogen-bond donors (Lipinski definition) is 4. The van der Waals surface area contributed by atoms with Crippen molar-refractivity contribution in [2.45, 2.75) is 301 Å². The molecule has 0 aromatic carbocycles. The molecule has 1 aliphatic rings. The number of aliphatic hydroxyl groups excluding tert-OH is 3. The highest BCUT2D eigenvalue weighted by Gasteiger charge is 2.48. The van der Waals surface area contributed by atoms with E-state index in [1.807, 2.05) is 0 Å². The minimum atomic E-state index is -5.06. The van der Waals surface area contributed by atoms with Gasteiger partial charge in [-0.05, 0) is 12.8 Å². The van der Waals surface area contributed by atoms with Crippen molar-refractivity contribution in [1.29, 1.82) is 0 Å². The fourth-order valence-corrected chi connectivity index (χ4v) is 9.36. The van der Waals surface area contributed by atoms with Crippen molar-refractivity contribution in [1.82, 2.24) is 0 Å². The Morgan fingerprint density at radius 3 is 1.23 bits per heavy atom. The average Bonchev–Trinajstić information content (AvgIpc) is 3.28. The normalized spacial score (nSPS) is 19.5. The molecule has 388 valence electrons. The third-order valence-electron chi connectivity index (χ3n) is 13.0. The smallest absolute Gasteiger partial charge is 0.397 e. The van der Waals surface area contributed by atoms with Crippen molar-refractivity contribution in [2.24, 2.45) is 0 Å². The Kier molecular flexibility index (Phi) is 42.4. The summed E-state index contributed by atoms with van der Waals surface area (Å²) in [5.74, 6) is -0.390. The van der Waals surface area contributed by atoms with E-state index in [0.717, 1.165) is 38.5 Å². The minimum Gasteiger partial charge on any atom is -0.457 e. The first kappa shape index (κ1) is 62.1. The largest absolute Gasteiger partial charge is 0.457 e. The van der Waals surface area contributed by atoms with Gasteiger partial charge in [-0.1, -0.05) is 245 Å². The molecule has 0 amide bonds. The first-order valence-electron chi connectivity index (χ1n) is 27.3. The minimum absolute atomic E-state index is 0.0451. The molecule has 1 fully saturated rings. The fraction of sp³-hybridized carbons (Fsp3) is 0.981. The van der Waals surface area contributed by atoms with Crippen LogP contribution in [0.4, 0.5) is 0 Å². The van der Waals surface area contributed by atoms with Gasteiger partial charge >= 0.3 is 16.4 Å². The summed E-state index contributed by atoms with van der Waals surface area (Å²) in [6, 6.07) is 0. The summed E-state index contributed by atoms with van der Waals surface area (Å²) >= 11 is 0. The summed E-state index contributed by atoms with van der Waals surface area (Å²) < 4.78 is 59.3. The monoisotopic (exact) mass is 951 g/mol. The predicted molar refractivity (Wildman–Crippen MR) is 262 cm³/mol. The molecule has 13 heteroatoms. The van der Waals surface area contributed by atoms with Gasteiger partial charge in [0.15, 0.2) is 6.29 Å². The van der Waals surface area contributed by atoms with Crippen LogP contribution in [0.3, 0.4) is 0 Å². The number of rotatable bonds is 49. The molecule has 1 aliphatic heterocycles. The lowest BCUT2D eigenvalue weighted by Gasteiger charge is -2.41. The fourth-order valence-electron chi connectivity index (χ4n) is 8.85. The van der Waals surface area contributed by atoms with Gasteiger partial charge in [-0.3, -0.25) is 9.35 Å². The van der Waals surface area contributed by atoms with E-state index in [4.69, 9.17) is 18.9 Å². The van der Waals surface area contributed by atoms with Crippen LogP contribution in [0.1, 0.15) is 264 Å². The second-order valence-electron chi connectivity index (χ2n) is 19.2. The lowest BCUT2D eigenvalue weighted by Crippen LogP contribution is -2.60. The van der Waals surface area contributed by atoms with Crippen LogP contribution in [0.5, 0.6) is 0 Å². The predicted octanol–water partition coefficient (Wildman–Crippen LogP) is 12.8. The lowest BCUT2D eigenvalue weighted by molar-refractivity contribution is -0.301. The summed E-state index contributed by atoms with van der Waals surface area (Å²) in [5, 5.41) is 30.8. The second kappa shape index (κ2) is 44.3. The zero-order valence-corrected chi connectivity index (χ0v) is 42.6. The van der Waals surface area contributed by atoms with Crippen molar-refractivity contribution < 1.29 is 56.2 Å². The molecular formula is C52H102O12S. The van der Waals surface area contributed by atoms with Gasteiger partial charge in [-0.2, -0.15) is 8.42 Å². The third kappa shape index (κ3) is 37.6. The SMILES string of the molecule is CCCCCCCCCCCCCCCCCCCCCCCCCCC(=O)OC(COCCCCCCCCCCCCCCCC)COC1OC(CO)C(O)C(OS(=O)(=O)O)C1O. The van der Waals surface area contributed by atoms with E-state index in [9.17, 15) is 33.1 Å². The Labute approximate surface area is 398 Å². The molecule has 1 rings (SSSR count). The first-order valence-corrected chi connectivity index (χ1v) is 28.7. The van der Waals surface area contributed by atoms with Crippen molar-refractivity contribution in [3.63, 3.8) is 0 Å². The topological polar surface area (TPSA) is 178 Å². The number of unbranched alkanes of at least 4 members (excludes halogenated alkanes) is 36. The standard InChI is InChI=1S/C52H102O12S/c1-3-5-7-9-11-13-15-17-19-20-21-22-23-24-25-26-27-28-29-31-33-35-37-39-41-48(54)62-46(44-60-42-40-38-36-34-32-30-18-16-14-12-10-8-6-4-2)45-61-52-50(56)51(64-65(57,58)59)49(55)47(43-53)63-52/h46-47,49-53,55-56H,3-45H2,1-2H3,(H,57,58,59). The number of aliphatic hydroxyl groups is 3. The van der Waals surface area contributed by atoms with Crippen LogP contribution in [-0.4, -0.2) is 97.5 Å². The van der Waals surface area contributed by atoms with Gasteiger partial charge in [-0.15, -0.1) is 0 Å². The highest BCUT2D eigenvalue weighted by Crippen LogP contribution is 2.26. The van der Waals surface area contributed by atoms with Crippen molar-refractivity contribution in [3.05, 3.63) is 0 Å². The molecule has 0 saturated carbocycles. The van der Waals surface area contributed by atoms with Crippen LogP contribution in [0, 0.1) is 0 Å². The van der Waals surface area contributed by atoms with Gasteiger partial charge in [0.25, 0.3) is 0 Å². The van der Waals surface area contributed by atoms with E-state index in [1.165, 1.54) is 199 Å². The Morgan fingerprint density at radius 1 is 0.523 bits per heavy atom. The van der Waals surface area contributed by atoms with Gasteiger partial charge in [0.1, 0.15) is 30.5 Å². The van der Waals surface area contributed by atoms with Gasteiger partial charge in [0.2, 0.25) is 0 Å². The second-order valence-corrected chi connectivity index (χ2v) is 20.2. The molecule has 0 aromatic heterocycles. The van der Waals surface area contributed by atoms with Crippen molar-refractivity contribution in [3.8, 4) is 0 Å². The number of ether oxygens (including phenoxy) is 4. The average molecular weight is 951 g/mol. The van der Waals surface area contributed by atoms with E-state index < -0.39 is 53.8 Å². The molecule has 6 unspecified atom stereocenters. The Hall–Kier alpha value is -0.900. The molecule has 65 heavy (non-hydrogen) atoms. The summed E-state index contributed by atoms with van der Waals surface area (Å²) in [4.78, 5) is 12.9. The van der Waals surface area contributed by atoms with Crippen LogP contribution in [0.15, 0.2) is 0 Å². The molecule has 0 aromatic rings. The van der Waals surface area contributed by atoms with Crippen LogP contribution in [-0.2, 0) is 38.3 Å². The lowest BCUT2D eigenvalue weighted by atomic mass is 9.99. The van der Waals surface area contributed by atoms with Gasteiger partial charge in [0.05, 0.1) is 19.8 Å². The van der Waals surface area contributed by atoms with Gasteiger partial charge in [-0.25, -0.2) is 4.18 Å². The van der Waals surface area contributed by atoms with E-state index in [-0.39, 0.29) is 25.6 Å². The van der Waals surface area contributed by atoms with E-state index in [0.29, 0.717) is 13.0 Å². The van der Waals surface area contributed by atoms with Crippen LogP contribution in [0.25, 0.3) is 0 Å². The molecule has 1 heterocycles. The molecule has 1 saturated heterocycles. The zero-order valence-electron chi connectivity index (χ0n) is 41.8. The van der Waals surface area contributed by atoms with Crippen LogP contribution >= 0.6 is 0 Å². The molecular weight excluding hydrogens is 849 g/mol.